The number of nitrogen functional groups attached to an aromatic ring is 1. The normalized spacial score (nSPS) is 19.6. The second-order valence-electron chi connectivity index (χ2n) is 7.36. The van der Waals surface area contributed by atoms with Crippen LogP contribution in [-0.2, 0) is 4.74 Å². The van der Waals surface area contributed by atoms with Crippen molar-refractivity contribution < 1.29 is 13.9 Å². The molecule has 3 N–H and O–H groups in total. The Balaban J connectivity index is 1.41. The van der Waals surface area contributed by atoms with E-state index in [1.54, 1.807) is 12.4 Å². The van der Waals surface area contributed by atoms with Gasteiger partial charge >= 0.3 is 0 Å². The number of carbonyl (C=O) groups is 1. The van der Waals surface area contributed by atoms with E-state index in [-0.39, 0.29) is 17.0 Å². The van der Waals surface area contributed by atoms with Crippen LogP contribution in [0.25, 0.3) is 5.65 Å². The third-order valence-electron chi connectivity index (χ3n) is 5.52. The van der Waals surface area contributed by atoms with E-state index in [1.165, 1.54) is 0 Å². The molecule has 2 fully saturated rings. The highest BCUT2D eigenvalue weighted by atomic mass is 19.1. The SMILES string of the molecule is Nc1nn2cc(F)cnc2c1C(=O)Nc1cnccc1N1CCN2CCOCC2C1. The minimum absolute atomic E-state index is 0.0241. The van der Waals surface area contributed by atoms with Gasteiger partial charge in [-0.2, -0.15) is 0 Å². The maximum absolute atomic E-state index is 13.4. The van der Waals surface area contributed by atoms with Gasteiger partial charge in [0.2, 0.25) is 0 Å². The first-order chi connectivity index (χ1) is 14.6. The molecule has 156 valence electrons. The van der Waals surface area contributed by atoms with Gasteiger partial charge in [0.15, 0.2) is 17.3 Å². The molecule has 0 bridgehead atoms. The lowest BCUT2D eigenvalue weighted by atomic mass is 10.1. The molecule has 1 atom stereocenters. The third-order valence-corrected chi connectivity index (χ3v) is 5.52. The molecule has 3 aromatic rings. The number of hydrogen-bond donors (Lipinski definition) is 2. The number of piperazine rings is 1. The summed E-state index contributed by atoms with van der Waals surface area (Å²) in [7, 11) is 0. The summed E-state index contributed by atoms with van der Waals surface area (Å²) in [6, 6.07) is 2.20. The zero-order valence-corrected chi connectivity index (χ0v) is 16.2. The summed E-state index contributed by atoms with van der Waals surface area (Å²) < 4.78 is 20.2. The Hall–Kier alpha value is -3.31. The molecule has 2 saturated heterocycles. The van der Waals surface area contributed by atoms with Crippen molar-refractivity contribution >= 4 is 28.7 Å². The lowest BCUT2D eigenvalue weighted by Crippen LogP contribution is -2.58. The number of carbonyl (C=O) groups excluding carboxylic acids is 1. The summed E-state index contributed by atoms with van der Waals surface area (Å²) in [5.41, 5.74) is 7.63. The van der Waals surface area contributed by atoms with Crippen LogP contribution in [-0.4, -0.2) is 75.8 Å². The summed E-state index contributed by atoms with van der Waals surface area (Å²) in [5.74, 6) is -1.07. The van der Waals surface area contributed by atoms with Crippen molar-refractivity contribution in [3.05, 3.63) is 42.2 Å². The molecule has 2 aliphatic heterocycles. The average molecular weight is 412 g/mol. The third kappa shape index (κ3) is 3.31. The molecule has 0 aromatic carbocycles. The molecule has 5 rings (SSSR count). The van der Waals surface area contributed by atoms with Crippen molar-refractivity contribution in [1.29, 1.82) is 0 Å². The second kappa shape index (κ2) is 7.50. The Labute approximate surface area is 171 Å². The van der Waals surface area contributed by atoms with Gasteiger partial charge in [-0.3, -0.25) is 14.7 Å². The van der Waals surface area contributed by atoms with Crippen molar-refractivity contribution in [2.45, 2.75) is 6.04 Å². The highest BCUT2D eigenvalue weighted by Crippen LogP contribution is 2.29. The fourth-order valence-corrected chi connectivity index (χ4v) is 4.06. The second-order valence-corrected chi connectivity index (χ2v) is 7.36. The lowest BCUT2D eigenvalue weighted by molar-refractivity contribution is -0.0116. The number of anilines is 3. The maximum atomic E-state index is 13.4. The van der Waals surface area contributed by atoms with Gasteiger partial charge in [0.1, 0.15) is 5.56 Å². The molecule has 0 aliphatic carbocycles. The highest BCUT2D eigenvalue weighted by molar-refractivity contribution is 6.12. The van der Waals surface area contributed by atoms with Gasteiger partial charge in [-0.25, -0.2) is 13.9 Å². The van der Waals surface area contributed by atoms with Crippen LogP contribution in [0, 0.1) is 5.82 Å². The Bertz CT molecular complexity index is 1100. The van der Waals surface area contributed by atoms with Gasteiger partial charge in [-0.05, 0) is 6.07 Å². The standard InChI is InChI=1S/C19H21FN8O2/c20-12-7-23-18-16(17(21)25-28(18)9-12)19(29)24-14-8-22-2-1-15(14)27-4-3-26-5-6-30-11-13(26)10-27/h1-2,7-9,13H,3-6,10-11H2,(H2,21,25)(H,24,29). The van der Waals surface area contributed by atoms with Crippen LogP contribution < -0.4 is 16.0 Å². The van der Waals surface area contributed by atoms with Gasteiger partial charge in [0.05, 0.1) is 49.2 Å². The molecular formula is C19H21FN8O2. The Morgan fingerprint density at radius 2 is 2.20 bits per heavy atom. The van der Waals surface area contributed by atoms with Crippen molar-refractivity contribution in [2.24, 2.45) is 0 Å². The number of ether oxygens (including phenoxy) is 1. The first-order valence-corrected chi connectivity index (χ1v) is 9.71. The van der Waals surface area contributed by atoms with E-state index in [1.807, 2.05) is 6.07 Å². The van der Waals surface area contributed by atoms with Crippen molar-refractivity contribution in [3.63, 3.8) is 0 Å². The summed E-state index contributed by atoms with van der Waals surface area (Å²) in [6.45, 7) is 4.98. The molecule has 0 radical (unpaired) electrons. The van der Waals surface area contributed by atoms with Crippen LogP contribution in [0.1, 0.15) is 10.4 Å². The molecule has 2 aliphatic rings. The molecule has 30 heavy (non-hydrogen) atoms. The molecule has 11 heteroatoms. The number of nitrogens with two attached hydrogens (primary N) is 1. The van der Waals surface area contributed by atoms with E-state index in [0.717, 1.165) is 55.4 Å². The van der Waals surface area contributed by atoms with Crippen LogP contribution in [0.3, 0.4) is 0 Å². The van der Waals surface area contributed by atoms with E-state index < -0.39 is 11.7 Å². The minimum atomic E-state index is -0.572. The van der Waals surface area contributed by atoms with Gasteiger partial charge in [0.25, 0.3) is 5.91 Å². The fraction of sp³-hybridized carbons (Fsp3) is 0.368. The number of hydrogen-bond acceptors (Lipinski definition) is 8. The highest BCUT2D eigenvalue weighted by Gasteiger charge is 2.31. The Morgan fingerprint density at radius 1 is 1.30 bits per heavy atom. The largest absolute Gasteiger partial charge is 0.381 e. The summed E-state index contributed by atoms with van der Waals surface area (Å²) in [4.78, 5) is 25.8. The number of halogens is 1. The minimum Gasteiger partial charge on any atom is -0.381 e. The van der Waals surface area contributed by atoms with E-state index >= 15 is 0 Å². The number of amides is 1. The molecule has 0 saturated carbocycles. The molecule has 10 nitrogen and oxygen atoms in total. The summed E-state index contributed by atoms with van der Waals surface area (Å²) >= 11 is 0. The number of aromatic nitrogens is 4. The number of nitrogens with zero attached hydrogens (tertiary/aromatic N) is 6. The Kier molecular flexibility index (Phi) is 4.68. The number of nitrogens with one attached hydrogen (secondary N) is 1. The summed E-state index contributed by atoms with van der Waals surface area (Å²) in [5, 5.41) is 6.85. The number of pyridine rings is 1. The molecular weight excluding hydrogens is 391 g/mol. The average Bonchev–Trinajstić information content (AvgIpc) is 3.08. The van der Waals surface area contributed by atoms with Crippen LogP contribution in [0.2, 0.25) is 0 Å². The maximum Gasteiger partial charge on any atom is 0.263 e. The number of rotatable bonds is 3. The zero-order chi connectivity index (χ0) is 20.7. The van der Waals surface area contributed by atoms with Gasteiger partial charge < -0.3 is 20.7 Å². The predicted molar refractivity (Wildman–Crippen MR) is 108 cm³/mol. The van der Waals surface area contributed by atoms with E-state index in [9.17, 15) is 9.18 Å². The quantitative estimate of drug-likeness (QED) is 0.644. The van der Waals surface area contributed by atoms with Crippen molar-refractivity contribution in [3.8, 4) is 0 Å². The molecule has 5 heterocycles. The van der Waals surface area contributed by atoms with Crippen LogP contribution >= 0.6 is 0 Å². The number of morpholine rings is 1. The predicted octanol–water partition coefficient (Wildman–Crippen LogP) is 0.619. The molecule has 3 aromatic heterocycles. The fourth-order valence-electron chi connectivity index (χ4n) is 4.06. The summed E-state index contributed by atoms with van der Waals surface area (Å²) in [6.07, 6.45) is 5.44. The van der Waals surface area contributed by atoms with Crippen molar-refractivity contribution in [1.82, 2.24) is 24.5 Å². The van der Waals surface area contributed by atoms with Gasteiger partial charge in [-0.15, -0.1) is 5.10 Å². The first kappa shape index (κ1) is 18.7. The Morgan fingerprint density at radius 3 is 3.10 bits per heavy atom. The monoisotopic (exact) mass is 412 g/mol. The van der Waals surface area contributed by atoms with E-state index in [4.69, 9.17) is 10.5 Å². The number of fused-ring (bicyclic) bond motifs is 2. The van der Waals surface area contributed by atoms with Crippen LogP contribution in [0.5, 0.6) is 0 Å². The zero-order valence-electron chi connectivity index (χ0n) is 16.2. The molecule has 1 unspecified atom stereocenters. The first-order valence-electron chi connectivity index (χ1n) is 9.71. The topological polar surface area (TPSA) is 114 Å². The lowest BCUT2D eigenvalue weighted by Gasteiger charge is -2.44. The van der Waals surface area contributed by atoms with Crippen LogP contribution in [0.4, 0.5) is 21.6 Å². The van der Waals surface area contributed by atoms with Crippen LogP contribution in [0.15, 0.2) is 30.9 Å². The van der Waals surface area contributed by atoms with Gasteiger partial charge in [0, 0.05) is 32.4 Å². The molecule has 1 amide bonds. The van der Waals surface area contributed by atoms with E-state index in [0.29, 0.717) is 18.3 Å². The van der Waals surface area contributed by atoms with Crippen molar-refractivity contribution in [2.75, 3.05) is 55.3 Å². The molecule has 0 spiro atoms. The smallest absolute Gasteiger partial charge is 0.263 e. The van der Waals surface area contributed by atoms with E-state index in [2.05, 4.69) is 30.2 Å². The van der Waals surface area contributed by atoms with Gasteiger partial charge in [-0.1, -0.05) is 0 Å².